The number of ether oxygens (including phenoxy) is 2. The first kappa shape index (κ1) is 19.8. The van der Waals surface area contributed by atoms with E-state index in [1.165, 1.54) is 51.4 Å². The second-order valence-corrected chi connectivity index (χ2v) is 11.9. The maximum Gasteiger partial charge on any atom is 0.0921 e. The van der Waals surface area contributed by atoms with Crippen LogP contribution in [0.5, 0.6) is 0 Å². The van der Waals surface area contributed by atoms with E-state index in [0.717, 1.165) is 43.1 Å². The van der Waals surface area contributed by atoms with Crippen LogP contribution in [0, 0.1) is 40.4 Å². The molecule has 1 aliphatic heterocycles. The minimum atomic E-state index is -0.579. The SMILES string of the molecule is CC[C@]12CC[C@](O)(COC)C[C@H]1CC[C@H]1[C@@H]3CC[C@H](C4(C)CO4)[C@@]3(C)CC[C@@H]12. The van der Waals surface area contributed by atoms with Gasteiger partial charge >= 0.3 is 0 Å². The molecule has 3 nitrogen and oxygen atoms in total. The van der Waals surface area contributed by atoms with Gasteiger partial charge < -0.3 is 14.6 Å². The topological polar surface area (TPSA) is 42.0 Å². The van der Waals surface area contributed by atoms with E-state index in [4.69, 9.17) is 9.47 Å². The highest BCUT2D eigenvalue weighted by molar-refractivity contribution is 5.15. The Morgan fingerprint density at radius 2 is 1.79 bits per heavy atom. The standard InChI is InChI=1S/C25H42O3/c1-5-25-13-12-24(26,16-27-4)14-17(25)6-7-18-19-8-9-21(23(3)15-28-23)22(19,2)11-10-20(18)25/h17-21,26H,5-16H2,1-4H3/t17-,18+,19+,20+,21+,22+,23?,24-,25+/m1/s1. The van der Waals surface area contributed by atoms with Crippen molar-refractivity contribution in [3.05, 3.63) is 0 Å². The fourth-order valence-corrected chi connectivity index (χ4v) is 9.55. The highest BCUT2D eigenvalue weighted by atomic mass is 16.6. The molecule has 4 saturated carbocycles. The molecule has 0 bridgehead atoms. The van der Waals surface area contributed by atoms with Crippen LogP contribution in [0.25, 0.3) is 0 Å². The molecular formula is C25H42O3. The Bertz CT molecular complexity index is 615. The molecule has 1 saturated heterocycles. The van der Waals surface area contributed by atoms with Crippen molar-refractivity contribution < 1.29 is 14.6 Å². The zero-order valence-electron chi connectivity index (χ0n) is 18.6. The van der Waals surface area contributed by atoms with E-state index < -0.39 is 5.60 Å². The highest BCUT2D eigenvalue weighted by Gasteiger charge is 2.66. The number of methoxy groups -OCH3 is 1. The first-order chi connectivity index (χ1) is 13.3. The number of epoxide rings is 1. The molecule has 9 atom stereocenters. The number of rotatable bonds is 4. The molecule has 0 aromatic rings. The monoisotopic (exact) mass is 390 g/mol. The smallest absolute Gasteiger partial charge is 0.0921 e. The van der Waals surface area contributed by atoms with Crippen LogP contribution in [0.15, 0.2) is 0 Å². The van der Waals surface area contributed by atoms with Gasteiger partial charge in [0.1, 0.15) is 0 Å². The van der Waals surface area contributed by atoms with E-state index in [9.17, 15) is 5.11 Å². The van der Waals surface area contributed by atoms with E-state index in [1.807, 2.05) is 0 Å². The van der Waals surface area contributed by atoms with Crippen LogP contribution in [0.4, 0.5) is 0 Å². The van der Waals surface area contributed by atoms with Crippen LogP contribution in [0.2, 0.25) is 0 Å². The Morgan fingerprint density at radius 1 is 1.00 bits per heavy atom. The summed E-state index contributed by atoms with van der Waals surface area (Å²) in [6.45, 7) is 8.95. The van der Waals surface area contributed by atoms with Crippen molar-refractivity contribution in [2.24, 2.45) is 40.4 Å². The van der Waals surface area contributed by atoms with Gasteiger partial charge in [0.2, 0.25) is 0 Å². The summed E-state index contributed by atoms with van der Waals surface area (Å²) in [7, 11) is 1.74. The van der Waals surface area contributed by atoms with E-state index in [2.05, 4.69) is 20.8 Å². The average Bonchev–Trinajstić information content (AvgIpc) is 3.30. The molecule has 1 unspecified atom stereocenters. The van der Waals surface area contributed by atoms with E-state index in [1.54, 1.807) is 7.11 Å². The minimum absolute atomic E-state index is 0.192. The Kier molecular flexibility index (Phi) is 4.56. The Morgan fingerprint density at radius 3 is 2.46 bits per heavy atom. The lowest BCUT2D eigenvalue weighted by Crippen LogP contribution is -2.58. The van der Waals surface area contributed by atoms with Crippen molar-refractivity contribution in [1.82, 2.24) is 0 Å². The molecule has 5 rings (SSSR count). The number of hydrogen-bond donors (Lipinski definition) is 1. The van der Waals surface area contributed by atoms with Gasteiger partial charge in [0.05, 0.1) is 24.4 Å². The van der Waals surface area contributed by atoms with Crippen LogP contribution in [-0.4, -0.2) is 36.6 Å². The van der Waals surface area contributed by atoms with Gasteiger partial charge in [0.25, 0.3) is 0 Å². The fraction of sp³-hybridized carbons (Fsp3) is 1.00. The van der Waals surface area contributed by atoms with Gasteiger partial charge in [-0.2, -0.15) is 0 Å². The van der Waals surface area contributed by atoms with Crippen LogP contribution in [-0.2, 0) is 9.47 Å². The molecule has 0 aromatic carbocycles. The number of fused-ring (bicyclic) bond motifs is 5. The Labute approximate surface area is 171 Å². The second kappa shape index (κ2) is 6.44. The van der Waals surface area contributed by atoms with Crippen LogP contribution < -0.4 is 0 Å². The third kappa shape index (κ3) is 2.64. The average molecular weight is 391 g/mol. The summed E-state index contributed by atoms with van der Waals surface area (Å²) in [6, 6.07) is 0. The molecule has 5 fully saturated rings. The van der Waals surface area contributed by atoms with E-state index in [-0.39, 0.29) is 5.60 Å². The van der Waals surface area contributed by atoms with Gasteiger partial charge in [-0.3, -0.25) is 0 Å². The highest BCUT2D eigenvalue weighted by Crippen LogP contribution is 2.70. The summed E-state index contributed by atoms with van der Waals surface area (Å²) in [4.78, 5) is 0. The van der Waals surface area contributed by atoms with Crippen molar-refractivity contribution in [1.29, 1.82) is 0 Å². The van der Waals surface area contributed by atoms with Crippen molar-refractivity contribution in [3.8, 4) is 0 Å². The molecule has 1 N–H and O–H groups in total. The first-order valence-electron chi connectivity index (χ1n) is 12.2. The zero-order chi connectivity index (χ0) is 19.8. The molecule has 28 heavy (non-hydrogen) atoms. The largest absolute Gasteiger partial charge is 0.387 e. The van der Waals surface area contributed by atoms with Gasteiger partial charge in [-0.15, -0.1) is 0 Å². The van der Waals surface area contributed by atoms with Crippen LogP contribution >= 0.6 is 0 Å². The molecule has 0 amide bonds. The Balaban J connectivity index is 1.41. The van der Waals surface area contributed by atoms with Gasteiger partial charge in [-0.1, -0.05) is 13.8 Å². The lowest BCUT2D eigenvalue weighted by atomic mass is 9.42. The molecule has 5 aliphatic rings. The second-order valence-electron chi connectivity index (χ2n) is 11.9. The molecule has 0 aromatic heterocycles. The summed E-state index contributed by atoms with van der Waals surface area (Å²) in [5.41, 5.74) is 0.587. The number of aliphatic hydroxyl groups is 1. The van der Waals surface area contributed by atoms with E-state index >= 15 is 0 Å². The van der Waals surface area contributed by atoms with Crippen molar-refractivity contribution in [3.63, 3.8) is 0 Å². The van der Waals surface area contributed by atoms with Gasteiger partial charge in [-0.05, 0) is 112 Å². The maximum absolute atomic E-state index is 11.1. The van der Waals surface area contributed by atoms with Gasteiger partial charge in [-0.25, -0.2) is 0 Å². The van der Waals surface area contributed by atoms with Gasteiger partial charge in [0.15, 0.2) is 0 Å². The predicted molar refractivity (Wildman–Crippen MR) is 111 cm³/mol. The summed E-state index contributed by atoms with van der Waals surface area (Å²) < 4.78 is 11.4. The quantitative estimate of drug-likeness (QED) is 0.671. The normalized spacial score (nSPS) is 58.0. The van der Waals surface area contributed by atoms with Crippen LogP contribution in [0.1, 0.15) is 85.0 Å². The van der Waals surface area contributed by atoms with Crippen molar-refractivity contribution >= 4 is 0 Å². The fourth-order valence-electron chi connectivity index (χ4n) is 9.55. The third-order valence-electron chi connectivity index (χ3n) is 10.9. The Hall–Kier alpha value is -0.120. The molecule has 1 heterocycles. The predicted octanol–water partition coefficient (Wildman–Crippen LogP) is 5.20. The maximum atomic E-state index is 11.1. The van der Waals surface area contributed by atoms with Gasteiger partial charge in [0, 0.05) is 7.11 Å². The molecule has 160 valence electrons. The summed E-state index contributed by atoms with van der Waals surface area (Å²) in [6.07, 6.45) is 12.8. The summed E-state index contributed by atoms with van der Waals surface area (Å²) in [5.74, 6) is 4.17. The third-order valence-corrected chi connectivity index (χ3v) is 10.9. The van der Waals surface area contributed by atoms with Crippen LogP contribution in [0.3, 0.4) is 0 Å². The lowest BCUT2D eigenvalue weighted by molar-refractivity contribution is -0.172. The van der Waals surface area contributed by atoms with Crippen molar-refractivity contribution in [2.45, 2.75) is 96.2 Å². The molecule has 3 heteroatoms. The van der Waals surface area contributed by atoms with Crippen molar-refractivity contribution in [2.75, 3.05) is 20.3 Å². The number of hydrogen-bond acceptors (Lipinski definition) is 3. The molecule has 0 radical (unpaired) electrons. The molecular weight excluding hydrogens is 348 g/mol. The summed E-state index contributed by atoms with van der Waals surface area (Å²) in [5, 5.41) is 11.1. The molecule has 4 aliphatic carbocycles. The summed E-state index contributed by atoms with van der Waals surface area (Å²) >= 11 is 0. The molecule has 0 spiro atoms. The minimum Gasteiger partial charge on any atom is -0.387 e. The van der Waals surface area contributed by atoms with E-state index in [0.29, 0.717) is 23.4 Å². The zero-order valence-corrected chi connectivity index (χ0v) is 18.6. The first-order valence-corrected chi connectivity index (χ1v) is 12.2. The lowest BCUT2D eigenvalue weighted by Gasteiger charge is -2.63.